The van der Waals surface area contributed by atoms with E-state index in [-0.39, 0.29) is 18.4 Å². The summed E-state index contributed by atoms with van der Waals surface area (Å²) in [6, 6.07) is 13.7. The summed E-state index contributed by atoms with van der Waals surface area (Å²) >= 11 is 0. The number of hydrogen-bond acceptors (Lipinski definition) is 5. The number of nitrogens with zero attached hydrogens (tertiary/aromatic N) is 1. The van der Waals surface area contributed by atoms with E-state index in [0.717, 1.165) is 31.5 Å². The molecule has 0 aromatic heterocycles. The topological polar surface area (TPSA) is 67.9 Å². The number of esters is 1. The van der Waals surface area contributed by atoms with E-state index < -0.39 is 5.97 Å². The Morgan fingerprint density at radius 1 is 1.03 bits per heavy atom. The summed E-state index contributed by atoms with van der Waals surface area (Å²) in [7, 11) is 0. The van der Waals surface area contributed by atoms with E-state index in [4.69, 9.17) is 9.47 Å². The van der Waals surface area contributed by atoms with Gasteiger partial charge in [0.05, 0.1) is 19.1 Å². The second kappa shape index (κ2) is 12.3. The van der Waals surface area contributed by atoms with Gasteiger partial charge in [-0.15, -0.1) is 0 Å². The minimum atomic E-state index is -0.406. The molecule has 6 nitrogen and oxygen atoms in total. The Bertz CT molecular complexity index is 937. The highest BCUT2D eigenvalue weighted by Gasteiger charge is 2.21. The minimum absolute atomic E-state index is 0.0349. The zero-order valence-corrected chi connectivity index (χ0v) is 20.1. The first-order valence-electron chi connectivity index (χ1n) is 12.1. The van der Waals surface area contributed by atoms with Gasteiger partial charge in [0.15, 0.2) is 11.5 Å². The molecule has 1 unspecified atom stereocenters. The van der Waals surface area contributed by atoms with Crippen LogP contribution < -0.4 is 19.7 Å². The summed E-state index contributed by atoms with van der Waals surface area (Å²) in [5.41, 5.74) is 3.24. The maximum atomic E-state index is 13.0. The van der Waals surface area contributed by atoms with Crippen molar-refractivity contribution in [3.8, 4) is 11.5 Å². The summed E-state index contributed by atoms with van der Waals surface area (Å²) in [5.74, 6) is 0.396. The number of ether oxygens (including phenoxy) is 2. The molecule has 2 aromatic carbocycles. The molecule has 0 bridgehead atoms. The highest BCUT2D eigenvalue weighted by atomic mass is 16.6. The fraction of sp³-hybridized carbons (Fsp3) is 0.481. The van der Waals surface area contributed by atoms with E-state index in [1.54, 1.807) is 18.2 Å². The lowest BCUT2D eigenvalue weighted by atomic mass is 9.98. The van der Waals surface area contributed by atoms with Gasteiger partial charge in [0, 0.05) is 25.7 Å². The summed E-state index contributed by atoms with van der Waals surface area (Å²) < 4.78 is 10.8. The SMILES string of the molecule is CCCC(NC(=O)Cc1ccc(OC(C)=O)c(OCC)c1)c1ccccc1N1CCCCC1. The van der Waals surface area contributed by atoms with Crippen LogP contribution in [0.5, 0.6) is 11.5 Å². The van der Waals surface area contributed by atoms with E-state index in [0.29, 0.717) is 18.1 Å². The van der Waals surface area contributed by atoms with Crippen molar-refractivity contribution in [3.63, 3.8) is 0 Å². The third-order valence-corrected chi connectivity index (χ3v) is 5.85. The third kappa shape index (κ3) is 6.98. The lowest BCUT2D eigenvalue weighted by molar-refractivity contribution is -0.132. The van der Waals surface area contributed by atoms with E-state index in [1.165, 1.54) is 37.4 Å². The largest absolute Gasteiger partial charge is 0.490 e. The van der Waals surface area contributed by atoms with Gasteiger partial charge in [-0.25, -0.2) is 0 Å². The number of piperidine rings is 1. The van der Waals surface area contributed by atoms with E-state index >= 15 is 0 Å². The van der Waals surface area contributed by atoms with Crippen LogP contribution in [0.1, 0.15) is 70.0 Å². The molecule has 1 N–H and O–H groups in total. The van der Waals surface area contributed by atoms with Gasteiger partial charge in [0.2, 0.25) is 5.91 Å². The zero-order valence-electron chi connectivity index (χ0n) is 20.1. The first-order valence-corrected chi connectivity index (χ1v) is 12.1. The van der Waals surface area contributed by atoms with Crippen LogP contribution in [0.15, 0.2) is 42.5 Å². The van der Waals surface area contributed by atoms with Gasteiger partial charge in [-0.3, -0.25) is 9.59 Å². The van der Waals surface area contributed by atoms with Crippen LogP contribution in [-0.4, -0.2) is 31.6 Å². The Balaban J connectivity index is 1.75. The van der Waals surface area contributed by atoms with Crippen LogP contribution in [0.25, 0.3) is 0 Å². The molecule has 33 heavy (non-hydrogen) atoms. The Kier molecular flexibility index (Phi) is 9.16. The fourth-order valence-corrected chi connectivity index (χ4v) is 4.40. The Morgan fingerprint density at radius 3 is 2.48 bits per heavy atom. The number of rotatable bonds is 10. The third-order valence-electron chi connectivity index (χ3n) is 5.85. The highest BCUT2D eigenvalue weighted by molar-refractivity contribution is 5.80. The average Bonchev–Trinajstić information content (AvgIpc) is 2.81. The lowest BCUT2D eigenvalue weighted by Gasteiger charge is -2.32. The fourth-order valence-electron chi connectivity index (χ4n) is 4.40. The lowest BCUT2D eigenvalue weighted by Crippen LogP contribution is -2.34. The molecule has 0 aliphatic carbocycles. The van der Waals surface area contributed by atoms with Gasteiger partial charge in [-0.1, -0.05) is 37.6 Å². The number of carbonyl (C=O) groups is 2. The van der Waals surface area contributed by atoms with Gasteiger partial charge in [0.1, 0.15) is 0 Å². The number of benzene rings is 2. The molecule has 6 heteroatoms. The van der Waals surface area contributed by atoms with Crippen LogP contribution in [0, 0.1) is 0 Å². The predicted molar refractivity (Wildman–Crippen MR) is 131 cm³/mol. The number of amides is 1. The van der Waals surface area contributed by atoms with Crippen LogP contribution >= 0.6 is 0 Å². The molecule has 2 aromatic rings. The van der Waals surface area contributed by atoms with Crippen molar-refractivity contribution in [1.29, 1.82) is 0 Å². The molecule has 1 aliphatic rings. The van der Waals surface area contributed by atoms with Crippen molar-refractivity contribution in [2.45, 2.75) is 65.3 Å². The van der Waals surface area contributed by atoms with E-state index in [2.05, 4.69) is 41.4 Å². The standard InChI is InChI=1S/C27H36N2O4/c1-4-11-23(22-12-7-8-13-24(22)29-16-9-6-10-17-29)28-27(31)19-21-14-15-25(33-20(3)30)26(18-21)32-5-2/h7-8,12-15,18,23H,4-6,9-11,16-17,19H2,1-3H3,(H,28,31). The summed E-state index contributed by atoms with van der Waals surface area (Å²) in [4.78, 5) is 26.8. The van der Waals surface area contributed by atoms with Crippen LogP contribution in [0.3, 0.4) is 0 Å². The normalized spacial score (nSPS) is 14.5. The summed E-state index contributed by atoms with van der Waals surface area (Å²) in [6.07, 6.45) is 5.80. The van der Waals surface area contributed by atoms with Gasteiger partial charge in [0.25, 0.3) is 0 Å². The van der Waals surface area contributed by atoms with Crippen LogP contribution in [-0.2, 0) is 16.0 Å². The number of carbonyl (C=O) groups excluding carboxylic acids is 2. The van der Waals surface area contributed by atoms with Gasteiger partial charge < -0.3 is 19.7 Å². The van der Waals surface area contributed by atoms with Crippen molar-refractivity contribution in [2.24, 2.45) is 0 Å². The Labute approximate surface area is 197 Å². The van der Waals surface area contributed by atoms with E-state index in [9.17, 15) is 9.59 Å². The smallest absolute Gasteiger partial charge is 0.308 e. The quantitative estimate of drug-likeness (QED) is 0.396. The van der Waals surface area contributed by atoms with Crippen LogP contribution in [0.2, 0.25) is 0 Å². The molecule has 1 amide bonds. The number of para-hydroxylation sites is 1. The molecule has 1 heterocycles. The van der Waals surface area contributed by atoms with Crippen molar-refractivity contribution in [2.75, 3.05) is 24.6 Å². The maximum absolute atomic E-state index is 13.0. The Hall–Kier alpha value is -3.02. The monoisotopic (exact) mass is 452 g/mol. The second-order valence-corrected chi connectivity index (χ2v) is 8.50. The molecule has 1 aliphatic heterocycles. The second-order valence-electron chi connectivity index (χ2n) is 8.50. The Morgan fingerprint density at radius 2 is 1.79 bits per heavy atom. The van der Waals surface area contributed by atoms with E-state index in [1.807, 2.05) is 6.92 Å². The molecule has 0 saturated carbocycles. The summed E-state index contributed by atoms with van der Waals surface area (Å²) in [6.45, 7) is 7.94. The van der Waals surface area contributed by atoms with Crippen molar-refractivity contribution in [3.05, 3.63) is 53.6 Å². The molecule has 1 saturated heterocycles. The molecule has 0 spiro atoms. The first-order chi connectivity index (χ1) is 16.0. The average molecular weight is 453 g/mol. The summed E-state index contributed by atoms with van der Waals surface area (Å²) in [5, 5.41) is 3.27. The number of hydrogen-bond donors (Lipinski definition) is 1. The van der Waals surface area contributed by atoms with Crippen molar-refractivity contribution in [1.82, 2.24) is 5.32 Å². The molecule has 1 fully saturated rings. The van der Waals surface area contributed by atoms with Gasteiger partial charge in [-0.05, 0) is 61.9 Å². The zero-order chi connectivity index (χ0) is 23.6. The van der Waals surface area contributed by atoms with Gasteiger partial charge >= 0.3 is 5.97 Å². The number of anilines is 1. The van der Waals surface area contributed by atoms with Gasteiger partial charge in [-0.2, -0.15) is 0 Å². The molecular formula is C27H36N2O4. The van der Waals surface area contributed by atoms with Crippen molar-refractivity contribution >= 4 is 17.6 Å². The molecule has 1 atom stereocenters. The van der Waals surface area contributed by atoms with Crippen LogP contribution in [0.4, 0.5) is 5.69 Å². The molecule has 0 radical (unpaired) electrons. The number of nitrogens with one attached hydrogen (secondary N) is 1. The first kappa shape index (κ1) is 24.6. The predicted octanol–water partition coefficient (Wildman–Crippen LogP) is 5.20. The maximum Gasteiger partial charge on any atom is 0.308 e. The minimum Gasteiger partial charge on any atom is -0.490 e. The molecule has 178 valence electrons. The molecular weight excluding hydrogens is 416 g/mol. The molecule has 3 rings (SSSR count). The van der Waals surface area contributed by atoms with Crippen molar-refractivity contribution < 1.29 is 19.1 Å². The highest BCUT2D eigenvalue weighted by Crippen LogP contribution is 2.32.